The second-order valence-electron chi connectivity index (χ2n) is 4.95. The second-order valence-corrected chi connectivity index (χ2v) is 4.95. The van der Waals surface area contributed by atoms with Gasteiger partial charge < -0.3 is 5.73 Å². The Morgan fingerprint density at radius 2 is 2.17 bits per heavy atom. The zero-order valence-corrected chi connectivity index (χ0v) is 11.5. The average Bonchev–Trinajstić information content (AvgIpc) is 2.79. The minimum Gasteiger partial charge on any atom is -0.384 e. The lowest BCUT2D eigenvalue weighted by atomic mass is 10.2. The summed E-state index contributed by atoms with van der Waals surface area (Å²) >= 11 is 0. The van der Waals surface area contributed by atoms with Crippen LogP contribution in [-0.4, -0.2) is 47.0 Å². The number of nitrogen functional groups attached to an aromatic ring is 1. The number of aromatic nitrogens is 1. The van der Waals surface area contributed by atoms with Crippen LogP contribution in [0.1, 0.15) is 26.0 Å². The fourth-order valence-corrected chi connectivity index (χ4v) is 2.81. The third-order valence-electron chi connectivity index (χ3n) is 3.79. The largest absolute Gasteiger partial charge is 0.384 e. The van der Waals surface area contributed by atoms with Crippen LogP contribution in [0.2, 0.25) is 0 Å². The van der Waals surface area contributed by atoms with E-state index in [1.807, 2.05) is 12.1 Å². The molecule has 1 saturated heterocycles. The molecule has 1 unspecified atom stereocenters. The number of likely N-dealkylation sites (tertiary alicyclic amines) is 1. The van der Waals surface area contributed by atoms with Gasteiger partial charge in [0.05, 0.1) is 5.69 Å². The van der Waals surface area contributed by atoms with Gasteiger partial charge in [-0.05, 0) is 31.6 Å². The molecular weight excluding hydrogens is 224 g/mol. The van der Waals surface area contributed by atoms with Crippen LogP contribution in [0.4, 0.5) is 5.82 Å². The summed E-state index contributed by atoms with van der Waals surface area (Å²) in [6, 6.07) is 6.59. The Labute approximate surface area is 110 Å². The number of nitrogens with zero attached hydrogens (tertiary/aromatic N) is 3. The van der Waals surface area contributed by atoms with Gasteiger partial charge in [0.15, 0.2) is 0 Å². The smallest absolute Gasteiger partial charge is 0.123 e. The highest BCUT2D eigenvalue weighted by molar-refractivity contribution is 5.28. The highest BCUT2D eigenvalue weighted by Crippen LogP contribution is 2.17. The Bertz CT molecular complexity index is 376. The van der Waals surface area contributed by atoms with Crippen molar-refractivity contribution < 1.29 is 0 Å². The summed E-state index contributed by atoms with van der Waals surface area (Å²) in [7, 11) is 0. The molecule has 1 aliphatic rings. The molecule has 1 fully saturated rings. The molecule has 1 aliphatic heterocycles. The minimum atomic E-state index is 0.618. The predicted octanol–water partition coefficient (Wildman–Crippen LogP) is 1.58. The van der Waals surface area contributed by atoms with E-state index in [0.717, 1.165) is 38.4 Å². The van der Waals surface area contributed by atoms with Gasteiger partial charge in [0, 0.05) is 25.7 Å². The minimum absolute atomic E-state index is 0.618. The quantitative estimate of drug-likeness (QED) is 0.859. The van der Waals surface area contributed by atoms with Crippen molar-refractivity contribution in [2.24, 2.45) is 0 Å². The standard InChI is InChI=1S/C14H24N4/c1-3-18(4-2)13-8-9-17(11-13)10-12-6-5-7-14(15)16-12/h5-7,13H,3-4,8-11H2,1-2H3,(H2,15,16). The van der Waals surface area contributed by atoms with Gasteiger partial charge in [0.1, 0.15) is 5.82 Å². The van der Waals surface area contributed by atoms with Crippen molar-refractivity contribution in [2.75, 3.05) is 31.9 Å². The molecule has 0 aliphatic carbocycles. The molecule has 1 aromatic rings. The summed E-state index contributed by atoms with van der Waals surface area (Å²) in [5.74, 6) is 0.618. The maximum atomic E-state index is 5.71. The molecule has 4 heteroatoms. The van der Waals surface area contributed by atoms with E-state index in [-0.39, 0.29) is 0 Å². The normalized spacial score (nSPS) is 20.7. The van der Waals surface area contributed by atoms with Gasteiger partial charge >= 0.3 is 0 Å². The van der Waals surface area contributed by atoms with Crippen LogP contribution in [0.15, 0.2) is 18.2 Å². The highest BCUT2D eigenvalue weighted by atomic mass is 15.2. The first kappa shape index (κ1) is 13.3. The summed E-state index contributed by atoms with van der Waals surface area (Å²) in [6.45, 7) is 10.0. The summed E-state index contributed by atoms with van der Waals surface area (Å²) in [5.41, 5.74) is 6.79. The second kappa shape index (κ2) is 6.16. The lowest BCUT2D eigenvalue weighted by molar-refractivity contribution is 0.208. The van der Waals surface area contributed by atoms with Crippen LogP contribution in [0, 0.1) is 0 Å². The van der Waals surface area contributed by atoms with E-state index in [0.29, 0.717) is 11.9 Å². The van der Waals surface area contributed by atoms with Crippen molar-refractivity contribution >= 4 is 5.82 Å². The highest BCUT2D eigenvalue weighted by Gasteiger charge is 2.26. The monoisotopic (exact) mass is 248 g/mol. The summed E-state index contributed by atoms with van der Waals surface area (Å²) in [6.07, 6.45) is 1.27. The molecule has 4 nitrogen and oxygen atoms in total. The fourth-order valence-electron chi connectivity index (χ4n) is 2.81. The molecule has 100 valence electrons. The number of hydrogen-bond donors (Lipinski definition) is 1. The average molecular weight is 248 g/mol. The number of nitrogens with two attached hydrogens (primary N) is 1. The Morgan fingerprint density at radius 1 is 1.39 bits per heavy atom. The van der Waals surface area contributed by atoms with Crippen molar-refractivity contribution in [3.8, 4) is 0 Å². The van der Waals surface area contributed by atoms with Crippen molar-refractivity contribution in [2.45, 2.75) is 32.9 Å². The van der Waals surface area contributed by atoms with E-state index in [2.05, 4.69) is 34.7 Å². The van der Waals surface area contributed by atoms with E-state index in [4.69, 9.17) is 5.73 Å². The Hall–Kier alpha value is -1.13. The summed E-state index contributed by atoms with van der Waals surface area (Å²) in [4.78, 5) is 9.39. The maximum absolute atomic E-state index is 5.71. The Kier molecular flexibility index (Phi) is 4.55. The van der Waals surface area contributed by atoms with Crippen molar-refractivity contribution in [3.63, 3.8) is 0 Å². The summed E-state index contributed by atoms with van der Waals surface area (Å²) < 4.78 is 0. The van der Waals surface area contributed by atoms with Gasteiger partial charge in [-0.25, -0.2) is 4.98 Å². The molecule has 1 aromatic heterocycles. The van der Waals surface area contributed by atoms with Crippen molar-refractivity contribution in [1.82, 2.24) is 14.8 Å². The molecule has 0 amide bonds. The molecule has 0 bridgehead atoms. The predicted molar refractivity (Wildman–Crippen MR) is 75.3 cm³/mol. The topological polar surface area (TPSA) is 45.4 Å². The zero-order chi connectivity index (χ0) is 13.0. The third-order valence-corrected chi connectivity index (χ3v) is 3.79. The molecule has 0 saturated carbocycles. The molecule has 1 atom stereocenters. The SMILES string of the molecule is CCN(CC)C1CCN(Cc2cccc(N)n2)C1. The van der Waals surface area contributed by atoms with Crippen LogP contribution in [-0.2, 0) is 6.54 Å². The van der Waals surface area contributed by atoms with Gasteiger partial charge in [-0.15, -0.1) is 0 Å². The van der Waals surface area contributed by atoms with E-state index in [1.165, 1.54) is 6.42 Å². The Balaban J connectivity index is 1.89. The third kappa shape index (κ3) is 3.21. The zero-order valence-electron chi connectivity index (χ0n) is 11.5. The molecule has 0 aromatic carbocycles. The van der Waals surface area contributed by atoms with Crippen molar-refractivity contribution in [3.05, 3.63) is 23.9 Å². The van der Waals surface area contributed by atoms with E-state index in [9.17, 15) is 0 Å². The lowest BCUT2D eigenvalue weighted by Crippen LogP contribution is -2.37. The van der Waals surface area contributed by atoms with Crippen LogP contribution in [0.25, 0.3) is 0 Å². The van der Waals surface area contributed by atoms with E-state index in [1.54, 1.807) is 0 Å². The molecule has 0 radical (unpaired) electrons. The number of likely N-dealkylation sites (N-methyl/N-ethyl adjacent to an activating group) is 1. The number of pyridine rings is 1. The van der Waals surface area contributed by atoms with Crippen LogP contribution in [0.5, 0.6) is 0 Å². The number of rotatable bonds is 5. The van der Waals surface area contributed by atoms with E-state index >= 15 is 0 Å². The first-order valence-electron chi connectivity index (χ1n) is 6.90. The molecule has 2 N–H and O–H groups in total. The fraction of sp³-hybridized carbons (Fsp3) is 0.643. The molecule has 0 spiro atoms. The molecule has 18 heavy (non-hydrogen) atoms. The first-order valence-corrected chi connectivity index (χ1v) is 6.90. The first-order chi connectivity index (χ1) is 8.72. The van der Waals surface area contributed by atoms with Gasteiger partial charge in [0.25, 0.3) is 0 Å². The van der Waals surface area contributed by atoms with Crippen molar-refractivity contribution in [1.29, 1.82) is 0 Å². The molecule has 2 rings (SSSR count). The number of hydrogen-bond acceptors (Lipinski definition) is 4. The lowest BCUT2D eigenvalue weighted by Gasteiger charge is -2.26. The van der Waals surface area contributed by atoms with Crippen LogP contribution < -0.4 is 5.73 Å². The van der Waals surface area contributed by atoms with Crippen LogP contribution in [0.3, 0.4) is 0 Å². The maximum Gasteiger partial charge on any atom is 0.123 e. The van der Waals surface area contributed by atoms with Gasteiger partial charge in [-0.1, -0.05) is 19.9 Å². The number of anilines is 1. The summed E-state index contributed by atoms with van der Waals surface area (Å²) in [5, 5.41) is 0. The van der Waals surface area contributed by atoms with Gasteiger partial charge in [-0.3, -0.25) is 9.80 Å². The van der Waals surface area contributed by atoms with Gasteiger partial charge in [-0.2, -0.15) is 0 Å². The Morgan fingerprint density at radius 3 is 2.83 bits per heavy atom. The van der Waals surface area contributed by atoms with Crippen LogP contribution >= 0.6 is 0 Å². The van der Waals surface area contributed by atoms with Gasteiger partial charge in [0.2, 0.25) is 0 Å². The molecular formula is C14H24N4. The molecule has 2 heterocycles. The van der Waals surface area contributed by atoms with E-state index < -0.39 is 0 Å².